The first-order valence-electron chi connectivity index (χ1n) is 6.66. The van der Waals surface area contributed by atoms with E-state index in [1.54, 1.807) is 19.9 Å². The van der Waals surface area contributed by atoms with E-state index in [-0.39, 0.29) is 18.3 Å². The summed E-state index contributed by atoms with van der Waals surface area (Å²) in [6, 6.07) is 10.8. The van der Waals surface area contributed by atoms with Crippen molar-refractivity contribution in [2.45, 2.75) is 19.9 Å². The van der Waals surface area contributed by atoms with Crippen molar-refractivity contribution in [3.63, 3.8) is 0 Å². The van der Waals surface area contributed by atoms with Crippen molar-refractivity contribution in [3.05, 3.63) is 48.4 Å². The third kappa shape index (κ3) is 3.31. The number of hydrogen-bond acceptors (Lipinski definition) is 3. The van der Waals surface area contributed by atoms with Crippen molar-refractivity contribution >= 4 is 11.9 Å². The quantitative estimate of drug-likeness (QED) is 0.918. The number of benzene rings is 1. The highest BCUT2D eigenvalue weighted by Crippen LogP contribution is 2.26. The van der Waals surface area contributed by atoms with Crippen LogP contribution in [0, 0.1) is 0 Å². The summed E-state index contributed by atoms with van der Waals surface area (Å²) in [5.41, 5.74) is 1.52. The number of carbonyl (C=O) groups is 2. The Morgan fingerprint density at radius 2 is 1.86 bits per heavy atom. The molecule has 0 aliphatic rings. The van der Waals surface area contributed by atoms with Gasteiger partial charge in [0.15, 0.2) is 5.76 Å². The van der Waals surface area contributed by atoms with Gasteiger partial charge in [-0.25, -0.2) is 0 Å². The highest BCUT2D eigenvalue weighted by Gasteiger charge is 2.26. The Kier molecular flexibility index (Phi) is 4.42. The summed E-state index contributed by atoms with van der Waals surface area (Å²) in [5.74, 6) is -1.31. The molecule has 0 bridgehead atoms. The highest BCUT2D eigenvalue weighted by atomic mass is 16.4. The van der Waals surface area contributed by atoms with E-state index < -0.39 is 11.9 Å². The average molecular weight is 287 g/mol. The van der Waals surface area contributed by atoms with Crippen molar-refractivity contribution < 1.29 is 19.1 Å². The van der Waals surface area contributed by atoms with Gasteiger partial charge in [0.2, 0.25) is 0 Å². The maximum Gasteiger partial charge on any atom is 0.323 e. The van der Waals surface area contributed by atoms with Crippen LogP contribution in [-0.4, -0.2) is 34.5 Å². The lowest BCUT2D eigenvalue weighted by Crippen LogP contribution is -2.40. The van der Waals surface area contributed by atoms with E-state index in [4.69, 9.17) is 9.52 Å². The van der Waals surface area contributed by atoms with E-state index in [1.165, 1.54) is 11.2 Å². The number of carboxylic acid groups (broad SMARTS) is 1. The fraction of sp³-hybridized carbons (Fsp3) is 0.250. The van der Waals surface area contributed by atoms with Gasteiger partial charge < -0.3 is 14.4 Å². The van der Waals surface area contributed by atoms with Gasteiger partial charge in [-0.1, -0.05) is 30.3 Å². The molecule has 110 valence electrons. The van der Waals surface area contributed by atoms with Crippen LogP contribution in [0.3, 0.4) is 0 Å². The Hall–Kier alpha value is -2.56. The Bertz CT molecular complexity index is 631. The van der Waals surface area contributed by atoms with Gasteiger partial charge in [0.1, 0.15) is 6.54 Å². The fourth-order valence-electron chi connectivity index (χ4n) is 2.08. The molecule has 1 heterocycles. The molecule has 2 rings (SSSR count). The lowest BCUT2D eigenvalue weighted by atomic mass is 10.1. The van der Waals surface area contributed by atoms with Crippen molar-refractivity contribution in [2.75, 3.05) is 6.54 Å². The zero-order chi connectivity index (χ0) is 15.4. The summed E-state index contributed by atoms with van der Waals surface area (Å²) >= 11 is 0. The zero-order valence-electron chi connectivity index (χ0n) is 11.9. The molecule has 21 heavy (non-hydrogen) atoms. The maximum atomic E-state index is 12.5. The minimum atomic E-state index is -1.05. The molecule has 1 N–H and O–H groups in total. The van der Waals surface area contributed by atoms with Gasteiger partial charge in [-0.3, -0.25) is 9.59 Å². The molecule has 0 atom stereocenters. The SMILES string of the molecule is CC(C)N(CC(=O)O)C(=O)c1occc1-c1ccccc1. The number of aliphatic carboxylic acids is 1. The van der Waals surface area contributed by atoms with E-state index in [0.717, 1.165) is 5.56 Å². The molecule has 2 aromatic rings. The lowest BCUT2D eigenvalue weighted by Gasteiger charge is -2.24. The molecule has 0 fully saturated rings. The summed E-state index contributed by atoms with van der Waals surface area (Å²) in [5, 5.41) is 8.94. The first-order valence-corrected chi connectivity index (χ1v) is 6.66. The second-order valence-electron chi connectivity index (χ2n) is 4.95. The molecular formula is C16H17NO4. The molecule has 1 amide bonds. The fourth-order valence-corrected chi connectivity index (χ4v) is 2.08. The molecule has 0 saturated carbocycles. The predicted octanol–water partition coefficient (Wildman–Crippen LogP) is 2.88. The number of amides is 1. The predicted molar refractivity (Wildman–Crippen MR) is 78.0 cm³/mol. The lowest BCUT2D eigenvalue weighted by molar-refractivity contribution is -0.138. The normalized spacial score (nSPS) is 10.6. The van der Waals surface area contributed by atoms with Crippen LogP contribution in [0.1, 0.15) is 24.4 Å². The topological polar surface area (TPSA) is 70.8 Å². The molecule has 5 nitrogen and oxygen atoms in total. The minimum absolute atomic E-state index is 0.163. The molecule has 0 aliphatic carbocycles. The van der Waals surface area contributed by atoms with Crippen LogP contribution in [0.25, 0.3) is 11.1 Å². The Morgan fingerprint density at radius 1 is 1.19 bits per heavy atom. The second-order valence-corrected chi connectivity index (χ2v) is 4.95. The Morgan fingerprint density at radius 3 is 2.43 bits per heavy atom. The van der Waals surface area contributed by atoms with Gasteiger partial charge in [-0.2, -0.15) is 0 Å². The van der Waals surface area contributed by atoms with E-state index in [9.17, 15) is 9.59 Å². The summed E-state index contributed by atoms with van der Waals surface area (Å²) in [7, 11) is 0. The van der Waals surface area contributed by atoms with E-state index in [0.29, 0.717) is 5.56 Å². The first-order chi connectivity index (χ1) is 10.0. The van der Waals surface area contributed by atoms with E-state index in [1.807, 2.05) is 30.3 Å². The smallest absolute Gasteiger partial charge is 0.323 e. The molecule has 0 aliphatic heterocycles. The van der Waals surface area contributed by atoms with Gasteiger partial charge in [0, 0.05) is 11.6 Å². The van der Waals surface area contributed by atoms with Crippen molar-refractivity contribution in [1.82, 2.24) is 4.90 Å². The zero-order valence-corrected chi connectivity index (χ0v) is 11.9. The largest absolute Gasteiger partial charge is 0.480 e. The minimum Gasteiger partial charge on any atom is -0.480 e. The molecule has 5 heteroatoms. The van der Waals surface area contributed by atoms with Crippen molar-refractivity contribution in [3.8, 4) is 11.1 Å². The van der Waals surface area contributed by atoms with Gasteiger partial charge in [-0.15, -0.1) is 0 Å². The number of nitrogens with zero attached hydrogens (tertiary/aromatic N) is 1. The van der Waals surface area contributed by atoms with Gasteiger partial charge in [0.25, 0.3) is 5.91 Å². The third-order valence-electron chi connectivity index (χ3n) is 3.13. The number of carbonyl (C=O) groups excluding carboxylic acids is 1. The first kappa shape index (κ1) is 14.8. The van der Waals surface area contributed by atoms with Crippen LogP contribution in [0.5, 0.6) is 0 Å². The molecule has 1 aromatic heterocycles. The van der Waals surface area contributed by atoms with Crippen LogP contribution in [0.2, 0.25) is 0 Å². The molecule has 0 spiro atoms. The number of furan rings is 1. The molecule has 1 aromatic carbocycles. The van der Waals surface area contributed by atoms with Crippen LogP contribution < -0.4 is 0 Å². The average Bonchev–Trinajstić information content (AvgIpc) is 2.94. The highest BCUT2D eigenvalue weighted by molar-refractivity contribution is 5.99. The maximum absolute atomic E-state index is 12.5. The number of hydrogen-bond donors (Lipinski definition) is 1. The monoisotopic (exact) mass is 287 g/mol. The Labute approximate surface area is 122 Å². The number of rotatable bonds is 5. The van der Waals surface area contributed by atoms with Crippen LogP contribution in [0.4, 0.5) is 0 Å². The molecular weight excluding hydrogens is 270 g/mol. The Balaban J connectivity index is 2.36. The van der Waals surface area contributed by atoms with Crippen LogP contribution in [-0.2, 0) is 4.79 Å². The van der Waals surface area contributed by atoms with E-state index >= 15 is 0 Å². The number of carboxylic acids is 1. The van der Waals surface area contributed by atoms with Gasteiger partial charge in [-0.05, 0) is 25.5 Å². The van der Waals surface area contributed by atoms with Crippen LogP contribution >= 0.6 is 0 Å². The van der Waals surface area contributed by atoms with Gasteiger partial charge >= 0.3 is 5.97 Å². The second kappa shape index (κ2) is 6.26. The third-order valence-corrected chi connectivity index (χ3v) is 3.13. The summed E-state index contributed by atoms with van der Waals surface area (Å²) < 4.78 is 5.31. The molecule has 0 radical (unpaired) electrons. The summed E-state index contributed by atoms with van der Waals surface area (Å²) in [6.45, 7) is 3.18. The van der Waals surface area contributed by atoms with E-state index in [2.05, 4.69) is 0 Å². The molecule has 0 saturated heterocycles. The standard InChI is InChI=1S/C16H17NO4/c1-11(2)17(10-14(18)19)16(20)15-13(8-9-21-15)12-6-4-3-5-7-12/h3-9,11H,10H2,1-2H3,(H,18,19). The molecule has 0 unspecified atom stereocenters. The summed E-state index contributed by atoms with van der Waals surface area (Å²) in [6.07, 6.45) is 1.44. The summed E-state index contributed by atoms with van der Waals surface area (Å²) in [4.78, 5) is 24.7. The van der Waals surface area contributed by atoms with Crippen LogP contribution in [0.15, 0.2) is 47.1 Å². The van der Waals surface area contributed by atoms with Crippen molar-refractivity contribution in [2.24, 2.45) is 0 Å². The van der Waals surface area contributed by atoms with Crippen molar-refractivity contribution in [1.29, 1.82) is 0 Å². The van der Waals surface area contributed by atoms with Gasteiger partial charge in [0.05, 0.1) is 6.26 Å².